The molecule has 0 bridgehead atoms. The number of rotatable bonds is 3. The molecule has 1 aromatic heterocycles. The third-order valence-electron chi connectivity index (χ3n) is 4.71. The Labute approximate surface area is 182 Å². The first kappa shape index (κ1) is 21.8. The summed E-state index contributed by atoms with van der Waals surface area (Å²) in [7, 11) is 0. The maximum Gasteiger partial charge on any atom is 0.261 e. The van der Waals surface area contributed by atoms with Crippen LogP contribution in [0.15, 0.2) is 34.7 Å². The first-order valence-electron chi connectivity index (χ1n) is 9.09. The van der Waals surface area contributed by atoms with E-state index in [0.29, 0.717) is 11.1 Å². The Morgan fingerprint density at radius 1 is 0.938 bits per heavy atom. The molecule has 4 nitrogen and oxygen atoms in total. The zero-order chi connectivity index (χ0) is 23.3. The number of hydrogen-bond donors (Lipinski definition) is 1. The van der Waals surface area contributed by atoms with Crippen molar-refractivity contribution < 1.29 is 31.2 Å². The van der Waals surface area contributed by atoms with Gasteiger partial charge in [0.05, 0.1) is 10.6 Å². The average Bonchev–Trinajstić information content (AvgIpc) is 3.16. The van der Waals surface area contributed by atoms with Gasteiger partial charge in [-0.2, -0.15) is 0 Å². The minimum absolute atomic E-state index is 0.0338. The quantitative estimate of drug-likeness (QED) is 0.207. The van der Waals surface area contributed by atoms with Crippen molar-refractivity contribution in [1.29, 1.82) is 0 Å². The molecule has 0 saturated heterocycles. The van der Waals surface area contributed by atoms with Gasteiger partial charge in [0.15, 0.2) is 28.9 Å². The molecular weight excluding hydrogens is 455 g/mol. The minimum atomic E-state index is -2.35. The Morgan fingerprint density at radius 3 is 2.22 bits per heavy atom. The van der Waals surface area contributed by atoms with Gasteiger partial charge in [-0.3, -0.25) is 4.79 Å². The molecule has 0 radical (unpaired) electrons. The van der Waals surface area contributed by atoms with Crippen LogP contribution in [0.2, 0.25) is 5.02 Å². The number of hydrogen-bond acceptors (Lipinski definition) is 3. The molecule has 0 unspecified atom stereocenters. The monoisotopic (exact) mass is 466 g/mol. The van der Waals surface area contributed by atoms with E-state index in [1.165, 1.54) is 18.2 Å². The van der Waals surface area contributed by atoms with Crippen LogP contribution >= 0.6 is 11.6 Å². The molecule has 0 aliphatic carbocycles. The highest BCUT2D eigenvalue weighted by molar-refractivity contribution is 6.33. The Morgan fingerprint density at radius 2 is 1.56 bits per heavy atom. The fourth-order valence-corrected chi connectivity index (χ4v) is 3.46. The molecule has 0 atom stereocenters. The first-order chi connectivity index (χ1) is 15.1. The average molecular weight is 467 g/mol. The zero-order valence-electron chi connectivity index (χ0n) is 16.4. The molecule has 0 aliphatic rings. The van der Waals surface area contributed by atoms with E-state index in [2.05, 4.69) is 10.3 Å². The van der Waals surface area contributed by atoms with Crippen LogP contribution in [0.5, 0.6) is 0 Å². The molecule has 0 spiro atoms. The molecule has 0 aliphatic heterocycles. The van der Waals surface area contributed by atoms with Gasteiger partial charge in [0.2, 0.25) is 11.7 Å². The summed E-state index contributed by atoms with van der Waals surface area (Å²) in [4.78, 5) is 16.7. The SMILES string of the molecule is Cc1cc(C)c2oc(-c3cc(NC(=O)c4c(F)c(F)c(F)c(F)c4F)ccc3Cl)nc2c1. The van der Waals surface area contributed by atoms with Crippen LogP contribution in [-0.4, -0.2) is 10.9 Å². The summed E-state index contributed by atoms with van der Waals surface area (Å²) >= 11 is 6.22. The van der Waals surface area contributed by atoms with Crippen LogP contribution in [0.1, 0.15) is 21.5 Å². The molecule has 1 amide bonds. The van der Waals surface area contributed by atoms with Crippen molar-refractivity contribution in [2.24, 2.45) is 0 Å². The highest BCUT2D eigenvalue weighted by atomic mass is 35.5. The molecule has 32 heavy (non-hydrogen) atoms. The van der Waals surface area contributed by atoms with Crippen molar-refractivity contribution in [1.82, 2.24) is 4.98 Å². The summed E-state index contributed by atoms with van der Waals surface area (Å²) in [5.41, 5.74) is 1.51. The van der Waals surface area contributed by atoms with Gasteiger partial charge in [0.1, 0.15) is 11.1 Å². The predicted octanol–water partition coefficient (Wildman–Crippen LogP) is 6.71. The van der Waals surface area contributed by atoms with E-state index < -0.39 is 40.6 Å². The van der Waals surface area contributed by atoms with Gasteiger partial charge >= 0.3 is 0 Å². The molecule has 1 N–H and O–H groups in total. The van der Waals surface area contributed by atoms with E-state index in [1.54, 1.807) is 6.07 Å². The number of nitrogens with one attached hydrogen (secondary N) is 1. The van der Waals surface area contributed by atoms with Gasteiger partial charge in [-0.1, -0.05) is 17.7 Å². The van der Waals surface area contributed by atoms with Crippen molar-refractivity contribution in [2.75, 3.05) is 5.32 Å². The van der Waals surface area contributed by atoms with E-state index in [-0.39, 0.29) is 22.2 Å². The molecule has 10 heteroatoms. The number of nitrogens with zero attached hydrogens (tertiary/aromatic N) is 1. The number of fused-ring (bicyclic) bond motifs is 1. The number of anilines is 1. The number of oxazole rings is 1. The van der Waals surface area contributed by atoms with Crippen LogP contribution in [0, 0.1) is 42.9 Å². The Balaban J connectivity index is 1.73. The largest absolute Gasteiger partial charge is 0.436 e. The lowest BCUT2D eigenvalue weighted by Crippen LogP contribution is -2.19. The van der Waals surface area contributed by atoms with E-state index in [4.69, 9.17) is 16.0 Å². The van der Waals surface area contributed by atoms with E-state index in [9.17, 15) is 26.7 Å². The van der Waals surface area contributed by atoms with Crippen molar-refractivity contribution >= 4 is 34.3 Å². The molecule has 3 aromatic carbocycles. The smallest absolute Gasteiger partial charge is 0.261 e. The van der Waals surface area contributed by atoms with Crippen molar-refractivity contribution in [3.05, 3.63) is 81.1 Å². The first-order valence-corrected chi connectivity index (χ1v) is 9.46. The van der Waals surface area contributed by atoms with Crippen LogP contribution in [0.3, 0.4) is 0 Å². The lowest BCUT2D eigenvalue weighted by atomic mass is 10.1. The van der Waals surface area contributed by atoms with Gasteiger partial charge in [-0.25, -0.2) is 26.9 Å². The van der Waals surface area contributed by atoms with Crippen molar-refractivity contribution in [3.8, 4) is 11.5 Å². The topological polar surface area (TPSA) is 55.1 Å². The number of aromatic nitrogens is 1. The second-order valence-electron chi connectivity index (χ2n) is 7.04. The molecule has 1 heterocycles. The van der Waals surface area contributed by atoms with Crippen molar-refractivity contribution in [2.45, 2.75) is 13.8 Å². The molecule has 0 saturated carbocycles. The Hall–Kier alpha value is -3.46. The number of aryl methyl sites for hydroxylation is 2. The zero-order valence-corrected chi connectivity index (χ0v) is 17.2. The molecule has 164 valence electrons. The van der Waals surface area contributed by atoms with E-state index >= 15 is 0 Å². The van der Waals surface area contributed by atoms with Crippen LogP contribution in [0.4, 0.5) is 27.6 Å². The third kappa shape index (κ3) is 3.58. The highest BCUT2D eigenvalue weighted by Crippen LogP contribution is 2.34. The second kappa shape index (κ2) is 7.90. The molecular formula is C22H12ClF5N2O2. The minimum Gasteiger partial charge on any atom is -0.436 e. The third-order valence-corrected chi connectivity index (χ3v) is 5.04. The summed E-state index contributed by atoms with van der Waals surface area (Å²) < 4.78 is 73.7. The van der Waals surface area contributed by atoms with Crippen LogP contribution in [-0.2, 0) is 0 Å². The maximum absolute atomic E-state index is 13.9. The maximum atomic E-state index is 13.9. The summed E-state index contributed by atoms with van der Waals surface area (Å²) in [6.07, 6.45) is 0. The van der Waals surface area contributed by atoms with Crippen molar-refractivity contribution in [3.63, 3.8) is 0 Å². The lowest BCUT2D eigenvalue weighted by Gasteiger charge is -2.10. The number of carbonyl (C=O) groups excluding carboxylic acids is 1. The molecule has 4 rings (SSSR count). The highest BCUT2D eigenvalue weighted by Gasteiger charge is 2.30. The van der Waals surface area contributed by atoms with Gasteiger partial charge in [-0.15, -0.1) is 0 Å². The van der Waals surface area contributed by atoms with Gasteiger partial charge in [-0.05, 0) is 49.2 Å². The summed E-state index contributed by atoms with van der Waals surface area (Å²) in [5, 5.41) is 2.30. The van der Waals surface area contributed by atoms with Crippen LogP contribution < -0.4 is 5.32 Å². The number of amides is 1. The summed E-state index contributed by atoms with van der Waals surface area (Å²) in [5.74, 6) is -12.7. The summed E-state index contributed by atoms with van der Waals surface area (Å²) in [6, 6.07) is 7.66. The fourth-order valence-electron chi connectivity index (χ4n) is 3.26. The van der Waals surface area contributed by atoms with Gasteiger partial charge < -0.3 is 9.73 Å². The number of carbonyl (C=O) groups is 1. The Kier molecular flexibility index (Phi) is 5.37. The fraction of sp³-hybridized carbons (Fsp3) is 0.0909. The predicted molar refractivity (Wildman–Crippen MR) is 108 cm³/mol. The van der Waals surface area contributed by atoms with Crippen LogP contribution in [0.25, 0.3) is 22.6 Å². The molecule has 4 aromatic rings. The Bertz CT molecular complexity index is 1390. The van der Waals surface area contributed by atoms with Gasteiger partial charge in [0.25, 0.3) is 5.91 Å². The van der Waals surface area contributed by atoms with E-state index in [1.807, 2.05) is 19.9 Å². The second-order valence-corrected chi connectivity index (χ2v) is 7.45. The van der Waals surface area contributed by atoms with Gasteiger partial charge in [0, 0.05) is 5.69 Å². The molecule has 0 fully saturated rings. The van der Waals surface area contributed by atoms with E-state index in [0.717, 1.165) is 11.1 Å². The normalized spacial score (nSPS) is 11.2. The number of benzene rings is 3. The summed E-state index contributed by atoms with van der Waals surface area (Å²) in [6.45, 7) is 3.73. The lowest BCUT2D eigenvalue weighted by molar-refractivity contribution is 0.101. The number of halogens is 6. The standard InChI is InChI=1S/C22H12ClF5N2O2/c1-8-5-9(2)20-13(6-8)30-22(32-20)11-7-10(3-4-12(11)23)29-21(31)14-15(24)17(26)19(28)18(27)16(14)25/h3-7H,1-2H3,(H,29,31).